The molecular formula is C24H25N7S. The third-order valence-corrected chi connectivity index (χ3v) is 6.65. The standard InChI is InChI=1S/C24H25N7S/c1-16-21(17(2)30(27-16)19-10-6-5-7-11-19)13-14-22-25-26-24-31(22)28-23(32-24)18-9-8-12-20(15-18)29(3)4/h5-12,15H,13-14H2,1-4H3. The maximum Gasteiger partial charge on any atom is 0.234 e. The van der Waals surface area contributed by atoms with Crippen molar-refractivity contribution in [3.8, 4) is 16.3 Å². The number of benzene rings is 2. The summed E-state index contributed by atoms with van der Waals surface area (Å²) >= 11 is 1.56. The van der Waals surface area contributed by atoms with Crippen LogP contribution in [0.25, 0.3) is 21.2 Å². The highest BCUT2D eigenvalue weighted by atomic mass is 32.1. The average Bonchev–Trinajstić information content (AvgIpc) is 3.47. The first kappa shape index (κ1) is 20.4. The minimum Gasteiger partial charge on any atom is -0.378 e. The Morgan fingerprint density at radius 2 is 1.72 bits per heavy atom. The van der Waals surface area contributed by atoms with E-state index in [1.165, 1.54) is 5.56 Å². The van der Waals surface area contributed by atoms with E-state index in [-0.39, 0.29) is 0 Å². The Hall–Kier alpha value is -3.52. The molecule has 0 atom stereocenters. The van der Waals surface area contributed by atoms with Crippen molar-refractivity contribution in [3.05, 3.63) is 77.4 Å². The monoisotopic (exact) mass is 443 g/mol. The minimum atomic E-state index is 0.754. The quantitative estimate of drug-likeness (QED) is 0.386. The fourth-order valence-corrected chi connectivity index (χ4v) is 4.80. The second kappa shape index (κ2) is 8.20. The number of aromatic nitrogens is 6. The van der Waals surface area contributed by atoms with Crippen LogP contribution in [-0.4, -0.2) is 43.7 Å². The van der Waals surface area contributed by atoms with E-state index in [1.54, 1.807) is 11.3 Å². The zero-order chi connectivity index (χ0) is 22.2. The van der Waals surface area contributed by atoms with Crippen LogP contribution in [0.3, 0.4) is 0 Å². The van der Waals surface area contributed by atoms with Gasteiger partial charge in [-0.1, -0.05) is 41.7 Å². The van der Waals surface area contributed by atoms with Gasteiger partial charge >= 0.3 is 0 Å². The fraction of sp³-hybridized carbons (Fsp3) is 0.250. The smallest absolute Gasteiger partial charge is 0.234 e. The van der Waals surface area contributed by atoms with Gasteiger partial charge in [0.25, 0.3) is 0 Å². The molecule has 5 aromatic rings. The lowest BCUT2D eigenvalue weighted by molar-refractivity contribution is 0.787. The lowest BCUT2D eigenvalue weighted by atomic mass is 10.1. The summed E-state index contributed by atoms with van der Waals surface area (Å²) in [6.07, 6.45) is 1.60. The van der Waals surface area contributed by atoms with Gasteiger partial charge in [-0.15, -0.1) is 10.2 Å². The lowest BCUT2D eigenvalue weighted by Gasteiger charge is -2.12. The molecule has 0 aliphatic rings. The van der Waals surface area contributed by atoms with Crippen molar-refractivity contribution in [2.24, 2.45) is 0 Å². The molecule has 3 heterocycles. The maximum atomic E-state index is 4.82. The molecule has 2 aromatic carbocycles. The molecule has 32 heavy (non-hydrogen) atoms. The summed E-state index contributed by atoms with van der Waals surface area (Å²) in [6.45, 7) is 4.19. The van der Waals surface area contributed by atoms with E-state index in [4.69, 9.17) is 10.2 Å². The van der Waals surface area contributed by atoms with Gasteiger partial charge in [-0.05, 0) is 50.1 Å². The van der Waals surface area contributed by atoms with Gasteiger partial charge in [-0.2, -0.15) is 14.7 Å². The number of aryl methyl sites for hydroxylation is 2. The van der Waals surface area contributed by atoms with E-state index in [0.717, 1.165) is 57.0 Å². The van der Waals surface area contributed by atoms with Crippen molar-refractivity contribution in [2.45, 2.75) is 26.7 Å². The molecule has 0 saturated heterocycles. The van der Waals surface area contributed by atoms with Crippen LogP contribution in [0.2, 0.25) is 0 Å². The number of hydrogen-bond acceptors (Lipinski definition) is 6. The van der Waals surface area contributed by atoms with Gasteiger partial charge in [0.15, 0.2) is 5.82 Å². The summed E-state index contributed by atoms with van der Waals surface area (Å²) < 4.78 is 3.90. The topological polar surface area (TPSA) is 64.1 Å². The van der Waals surface area contributed by atoms with Gasteiger partial charge < -0.3 is 4.90 Å². The van der Waals surface area contributed by atoms with Gasteiger partial charge in [0.05, 0.1) is 11.4 Å². The van der Waals surface area contributed by atoms with E-state index in [0.29, 0.717) is 0 Å². The largest absolute Gasteiger partial charge is 0.378 e. The Labute approximate surface area is 191 Å². The Morgan fingerprint density at radius 1 is 0.906 bits per heavy atom. The number of para-hydroxylation sites is 1. The van der Waals surface area contributed by atoms with Crippen LogP contribution in [0.1, 0.15) is 22.8 Å². The molecule has 3 aromatic heterocycles. The predicted molar refractivity (Wildman–Crippen MR) is 129 cm³/mol. The van der Waals surface area contributed by atoms with Crippen molar-refractivity contribution in [1.82, 2.24) is 29.6 Å². The molecule has 8 heteroatoms. The van der Waals surface area contributed by atoms with Crippen LogP contribution in [-0.2, 0) is 12.8 Å². The number of fused-ring (bicyclic) bond motifs is 1. The van der Waals surface area contributed by atoms with Crippen molar-refractivity contribution in [2.75, 3.05) is 19.0 Å². The van der Waals surface area contributed by atoms with Crippen LogP contribution < -0.4 is 4.90 Å². The molecule has 7 nitrogen and oxygen atoms in total. The van der Waals surface area contributed by atoms with Crippen LogP contribution in [0.15, 0.2) is 54.6 Å². The summed E-state index contributed by atoms with van der Waals surface area (Å²) in [5.74, 6) is 0.873. The number of rotatable bonds is 6. The Bertz CT molecular complexity index is 1380. The Kier molecular flexibility index (Phi) is 5.22. The van der Waals surface area contributed by atoms with E-state index in [1.807, 2.05) is 41.5 Å². The van der Waals surface area contributed by atoms with Gasteiger partial charge in [0.2, 0.25) is 4.96 Å². The molecule has 0 unspecified atom stereocenters. The molecule has 0 saturated carbocycles. The van der Waals surface area contributed by atoms with E-state index in [9.17, 15) is 0 Å². The van der Waals surface area contributed by atoms with Crippen molar-refractivity contribution >= 4 is 22.0 Å². The summed E-state index contributed by atoms with van der Waals surface area (Å²) in [5.41, 5.74) is 6.78. The molecule has 5 rings (SSSR count). The number of nitrogens with zero attached hydrogens (tertiary/aromatic N) is 7. The molecule has 0 aliphatic heterocycles. The van der Waals surface area contributed by atoms with Crippen LogP contribution in [0.5, 0.6) is 0 Å². The zero-order valence-corrected chi connectivity index (χ0v) is 19.5. The first-order valence-electron chi connectivity index (χ1n) is 10.6. The van der Waals surface area contributed by atoms with Gasteiger partial charge in [-0.25, -0.2) is 4.68 Å². The highest BCUT2D eigenvalue weighted by Crippen LogP contribution is 2.28. The van der Waals surface area contributed by atoms with E-state index < -0.39 is 0 Å². The fourth-order valence-electron chi connectivity index (χ4n) is 3.94. The van der Waals surface area contributed by atoms with E-state index >= 15 is 0 Å². The molecule has 0 aliphatic carbocycles. The normalized spacial score (nSPS) is 11.4. The Balaban J connectivity index is 1.40. The molecule has 0 radical (unpaired) electrons. The molecule has 0 bridgehead atoms. The second-order valence-corrected chi connectivity index (χ2v) is 9.02. The highest BCUT2D eigenvalue weighted by molar-refractivity contribution is 7.19. The number of anilines is 1. The van der Waals surface area contributed by atoms with Crippen molar-refractivity contribution < 1.29 is 0 Å². The van der Waals surface area contributed by atoms with Crippen molar-refractivity contribution in [3.63, 3.8) is 0 Å². The van der Waals surface area contributed by atoms with Crippen LogP contribution in [0, 0.1) is 13.8 Å². The zero-order valence-electron chi connectivity index (χ0n) is 18.6. The molecule has 0 spiro atoms. The summed E-state index contributed by atoms with van der Waals surface area (Å²) in [5, 5.41) is 19.3. The lowest BCUT2D eigenvalue weighted by Crippen LogP contribution is -2.08. The highest BCUT2D eigenvalue weighted by Gasteiger charge is 2.17. The SMILES string of the molecule is Cc1nn(-c2ccccc2)c(C)c1CCc1nnc2sc(-c3cccc(N(C)C)c3)nn12. The average molecular weight is 444 g/mol. The molecular weight excluding hydrogens is 418 g/mol. The number of hydrogen-bond donors (Lipinski definition) is 0. The predicted octanol–water partition coefficient (Wildman–Crippen LogP) is 4.51. The summed E-state index contributed by atoms with van der Waals surface area (Å²) in [6, 6.07) is 18.6. The molecule has 0 N–H and O–H groups in total. The Morgan fingerprint density at radius 3 is 2.50 bits per heavy atom. The second-order valence-electron chi connectivity index (χ2n) is 8.06. The first-order valence-corrected chi connectivity index (χ1v) is 11.4. The summed E-state index contributed by atoms with van der Waals surface area (Å²) in [7, 11) is 4.08. The van der Waals surface area contributed by atoms with Crippen molar-refractivity contribution in [1.29, 1.82) is 0 Å². The van der Waals surface area contributed by atoms with Gasteiger partial charge in [-0.3, -0.25) is 0 Å². The van der Waals surface area contributed by atoms with Crippen LogP contribution >= 0.6 is 11.3 Å². The van der Waals surface area contributed by atoms with Gasteiger partial charge in [0.1, 0.15) is 5.01 Å². The summed E-state index contributed by atoms with van der Waals surface area (Å²) in [4.78, 5) is 2.91. The van der Waals surface area contributed by atoms with Gasteiger partial charge in [0, 0.05) is 37.5 Å². The van der Waals surface area contributed by atoms with E-state index in [2.05, 4.69) is 65.3 Å². The molecule has 0 amide bonds. The first-order chi connectivity index (χ1) is 15.5. The minimum absolute atomic E-state index is 0.754. The molecule has 162 valence electrons. The van der Waals surface area contributed by atoms with Crippen LogP contribution in [0.4, 0.5) is 5.69 Å². The third-order valence-electron chi connectivity index (χ3n) is 5.71. The third kappa shape index (κ3) is 3.67. The molecule has 0 fully saturated rings. The maximum absolute atomic E-state index is 4.82.